The summed E-state index contributed by atoms with van der Waals surface area (Å²) in [5, 5.41) is 27.8. The summed E-state index contributed by atoms with van der Waals surface area (Å²) < 4.78 is 68.4. The maximum absolute atomic E-state index is 13.3. The number of azo groups is 2. The number of rotatable bonds is 7. The number of aromatic nitrogens is 3. The molecule has 0 saturated carbocycles. The van der Waals surface area contributed by atoms with E-state index in [-0.39, 0.29) is 27.8 Å². The Kier molecular flexibility index (Phi) is 7.96. The van der Waals surface area contributed by atoms with Gasteiger partial charge in [0.05, 0.1) is 27.5 Å². The van der Waals surface area contributed by atoms with Crippen molar-refractivity contribution in [1.29, 1.82) is 0 Å². The van der Waals surface area contributed by atoms with Crippen molar-refractivity contribution in [1.82, 2.24) is 14.3 Å². The Balaban J connectivity index is 1.54. The molecule has 0 aliphatic heterocycles. The number of para-hydroxylation sites is 1. The minimum absolute atomic E-state index is 0.0955. The fraction of sp³-hybridized carbons (Fsp3) is 0.0667. The number of hydrogen-bond donors (Lipinski definition) is 5. The van der Waals surface area contributed by atoms with E-state index in [0.29, 0.717) is 22.3 Å². The van der Waals surface area contributed by atoms with Gasteiger partial charge in [-0.05, 0) is 66.9 Å². The molecule has 17 heteroatoms. The Labute approximate surface area is 267 Å². The van der Waals surface area contributed by atoms with Crippen LogP contribution in [0.1, 0.15) is 5.69 Å². The van der Waals surface area contributed by atoms with Gasteiger partial charge in [-0.15, -0.1) is 20.5 Å². The highest BCUT2D eigenvalue weighted by molar-refractivity contribution is 8.19. The summed E-state index contributed by atoms with van der Waals surface area (Å²) in [6, 6.07) is 20.1. The third kappa shape index (κ3) is 5.89. The standard InChI is InChI=1S/C30H25N7O8S2/c1-17-27(30(39)37(36(17)2)19-8-4-3-5-9-19)34-33-24-16-21-18(14-25(24)46(40,41)42)15-26(47(43,44)45)28(29(21)38)35-32-23-12-6-11-22-20(23)10-7-13-31-22/h3-16,38,40-42H,1-2H3,(H,43,44,45). The molecule has 2 heterocycles. The highest BCUT2D eigenvalue weighted by Crippen LogP contribution is 2.52. The summed E-state index contributed by atoms with van der Waals surface area (Å²) in [6.07, 6.45) is 1.58. The molecular formula is C30H25N7O8S2. The van der Waals surface area contributed by atoms with Crippen LogP contribution < -0.4 is 5.56 Å². The third-order valence-electron chi connectivity index (χ3n) is 7.37. The summed E-state index contributed by atoms with van der Waals surface area (Å²) in [5.74, 6) is -0.767. The van der Waals surface area contributed by atoms with Crippen molar-refractivity contribution >= 4 is 65.4 Å². The zero-order valence-corrected chi connectivity index (χ0v) is 26.1. The zero-order chi connectivity index (χ0) is 33.7. The van der Waals surface area contributed by atoms with Gasteiger partial charge >= 0.3 is 0 Å². The van der Waals surface area contributed by atoms with Crippen molar-refractivity contribution in [2.24, 2.45) is 27.5 Å². The SMILES string of the molecule is Cc1c(N=Nc2cc3c(O)c(N=Nc4cccc5ncccc45)c(S(=O)(=O)O)cc3cc2S(O)(O)O)c(=O)n(-c2ccccc2)n1C. The fourth-order valence-corrected chi connectivity index (χ4v) is 6.33. The van der Waals surface area contributed by atoms with E-state index >= 15 is 0 Å². The van der Waals surface area contributed by atoms with Crippen LogP contribution in [0.2, 0.25) is 0 Å². The lowest BCUT2D eigenvalue weighted by Crippen LogP contribution is -2.19. The van der Waals surface area contributed by atoms with Gasteiger partial charge in [0.25, 0.3) is 15.7 Å². The quantitative estimate of drug-likeness (QED) is 0.0830. The number of pyridine rings is 1. The van der Waals surface area contributed by atoms with Crippen molar-refractivity contribution in [2.75, 3.05) is 0 Å². The van der Waals surface area contributed by atoms with Crippen molar-refractivity contribution in [3.05, 3.63) is 101 Å². The molecule has 0 unspecified atom stereocenters. The van der Waals surface area contributed by atoms with Gasteiger partial charge in [0.2, 0.25) is 0 Å². The van der Waals surface area contributed by atoms with Crippen LogP contribution in [0.3, 0.4) is 0 Å². The van der Waals surface area contributed by atoms with Crippen LogP contribution in [0.5, 0.6) is 5.75 Å². The number of phenolic OH excluding ortho intramolecular Hbond substituents is 1. The van der Waals surface area contributed by atoms with Gasteiger partial charge in [-0.1, -0.05) is 24.3 Å². The number of phenols is 1. The van der Waals surface area contributed by atoms with Crippen LogP contribution in [-0.2, 0) is 17.2 Å². The molecule has 0 spiro atoms. The van der Waals surface area contributed by atoms with Crippen LogP contribution >= 0.6 is 10.9 Å². The van der Waals surface area contributed by atoms with Crippen molar-refractivity contribution in [3.8, 4) is 11.4 Å². The molecule has 0 fully saturated rings. The Morgan fingerprint density at radius 3 is 2.13 bits per heavy atom. The van der Waals surface area contributed by atoms with E-state index < -0.39 is 47.8 Å². The normalized spacial score (nSPS) is 13.0. The maximum atomic E-state index is 13.3. The summed E-state index contributed by atoms with van der Waals surface area (Å²) >= 11 is 0. The van der Waals surface area contributed by atoms with Crippen LogP contribution in [0, 0.1) is 6.92 Å². The van der Waals surface area contributed by atoms with Crippen LogP contribution in [-0.4, -0.2) is 46.1 Å². The molecule has 0 atom stereocenters. The monoisotopic (exact) mass is 675 g/mol. The molecule has 0 saturated heterocycles. The van der Waals surface area contributed by atoms with Gasteiger partial charge < -0.3 is 18.8 Å². The number of hydrogen-bond acceptors (Lipinski definition) is 12. The highest BCUT2D eigenvalue weighted by Gasteiger charge is 2.27. The van der Waals surface area contributed by atoms with Crippen LogP contribution in [0.4, 0.5) is 22.7 Å². The molecule has 0 aliphatic carbocycles. The van der Waals surface area contributed by atoms with E-state index in [9.17, 15) is 36.5 Å². The Morgan fingerprint density at radius 1 is 0.745 bits per heavy atom. The summed E-state index contributed by atoms with van der Waals surface area (Å²) in [7, 11) is -7.90. The first-order valence-corrected chi connectivity index (χ1v) is 16.5. The van der Waals surface area contributed by atoms with E-state index in [1.807, 2.05) is 0 Å². The molecule has 6 aromatic rings. The van der Waals surface area contributed by atoms with Gasteiger partial charge in [-0.2, -0.15) is 8.42 Å². The van der Waals surface area contributed by atoms with Crippen molar-refractivity contribution < 1.29 is 31.7 Å². The lowest BCUT2D eigenvalue weighted by Gasteiger charge is -2.21. The summed E-state index contributed by atoms with van der Waals surface area (Å²) in [4.78, 5) is 16.1. The number of nitrogens with zero attached hydrogens (tertiary/aromatic N) is 7. The molecule has 0 aliphatic rings. The minimum atomic E-state index is -5.02. The van der Waals surface area contributed by atoms with Crippen LogP contribution in [0.15, 0.2) is 120 Å². The highest BCUT2D eigenvalue weighted by atomic mass is 32.3. The van der Waals surface area contributed by atoms with E-state index in [2.05, 4.69) is 25.4 Å². The summed E-state index contributed by atoms with van der Waals surface area (Å²) in [6.45, 7) is 1.63. The van der Waals surface area contributed by atoms with Gasteiger partial charge in [-0.3, -0.25) is 19.0 Å². The molecule has 0 radical (unpaired) electrons. The van der Waals surface area contributed by atoms with E-state index in [1.165, 1.54) is 4.68 Å². The molecule has 2 aromatic heterocycles. The second-order valence-corrected chi connectivity index (χ2v) is 13.1. The second-order valence-electron chi connectivity index (χ2n) is 10.3. The van der Waals surface area contributed by atoms with Crippen molar-refractivity contribution in [2.45, 2.75) is 16.7 Å². The molecule has 5 N–H and O–H groups in total. The van der Waals surface area contributed by atoms with E-state index in [4.69, 9.17) is 0 Å². The second kappa shape index (κ2) is 11.8. The predicted octanol–water partition coefficient (Wildman–Crippen LogP) is 7.55. The first kappa shape index (κ1) is 31.7. The first-order chi connectivity index (χ1) is 22.3. The number of benzene rings is 4. The molecule has 0 bridgehead atoms. The number of aromatic hydroxyl groups is 1. The minimum Gasteiger partial charge on any atom is -0.505 e. The molecule has 6 rings (SSSR count). The zero-order valence-electron chi connectivity index (χ0n) is 24.5. The smallest absolute Gasteiger partial charge is 0.299 e. The van der Waals surface area contributed by atoms with Crippen LogP contribution in [0.25, 0.3) is 27.4 Å². The lowest BCUT2D eigenvalue weighted by molar-refractivity contribution is 0.376. The Morgan fingerprint density at radius 2 is 1.43 bits per heavy atom. The molecule has 240 valence electrons. The van der Waals surface area contributed by atoms with E-state index in [0.717, 1.165) is 18.2 Å². The average Bonchev–Trinajstić information content (AvgIpc) is 3.24. The molecule has 4 aromatic carbocycles. The maximum Gasteiger partial charge on any atom is 0.299 e. The number of fused-ring (bicyclic) bond motifs is 2. The predicted molar refractivity (Wildman–Crippen MR) is 175 cm³/mol. The van der Waals surface area contributed by atoms with Crippen molar-refractivity contribution in [3.63, 3.8) is 0 Å². The molecule has 0 amide bonds. The van der Waals surface area contributed by atoms with Gasteiger partial charge in [-0.25, -0.2) is 4.68 Å². The van der Waals surface area contributed by atoms with Gasteiger partial charge in [0.15, 0.2) is 11.4 Å². The van der Waals surface area contributed by atoms with Gasteiger partial charge in [0, 0.05) is 24.0 Å². The Bertz CT molecular complexity index is 2430. The van der Waals surface area contributed by atoms with Gasteiger partial charge in [0.1, 0.15) is 27.1 Å². The molecule has 15 nitrogen and oxygen atoms in total. The molecule has 47 heavy (non-hydrogen) atoms. The first-order valence-electron chi connectivity index (χ1n) is 13.6. The summed E-state index contributed by atoms with van der Waals surface area (Å²) in [5.41, 5.74) is 0.204. The largest absolute Gasteiger partial charge is 0.505 e. The molecular weight excluding hydrogens is 651 g/mol. The lowest BCUT2D eigenvalue weighted by atomic mass is 10.1. The average molecular weight is 676 g/mol. The fourth-order valence-electron chi connectivity index (χ4n) is 5.00. The Hall–Kier alpha value is -5.30. The topological polar surface area (TPSA) is 225 Å². The van der Waals surface area contributed by atoms with E-state index in [1.54, 1.807) is 85.5 Å². The third-order valence-corrected chi connectivity index (χ3v) is 9.15.